The molecule has 2 unspecified atom stereocenters. The lowest BCUT2D eigenvalue weighted by Crippen LogP contribution is -2.37. The predicted molar refractivity (Wildman–Crippen MR) is 55.0 cm³/mol. The maximum Gasteiger partial charge on any atom is 0.166 e. The molecule has 0 aromatic rings. The highest BCUT2D eigenvalue weighted by molar-refractivity contribution is 7.80. The molecule has 0 aromatic carbocycles. The first-order valence-electron chi connectivity index (χ1n) is 4.23. The Balaban J connectivity index is 2.56. The fraction of sp³-hybridized carbons (Fsp3) is 0.875. The molecule has 3 nitrogen and oxygen atoms in total. The molecule has 1 aliphatic rings. The third-order valence-electron chi connectivity index (χ3n) is 2.55. The van der Waals surface area contributed by atoms with E-state index in [9.17, 15) is 0 Å². The van der Waals surface area contributed by atoms with Crippen LogP contribution in [0.4, 0.5) is 0 Å². The molecule has 0 spiro atoms. The number of rotatable bonds is 1. The monoisotopic (exact) mass is 187 g/mol. The van der Waals surface area contributed by atoms with E-state index in [1.165, 1.54) is 0 Å². The zero-order valence-electron chi connectivity index (χ0n) is 7.95. The Hall–Kier alpha value is -0.350. The normalized spacial score (nSPS) is 29.8. The maximum absolute atomic E-state index is 5.56. The van der Waals surface area contributed by atoms with Crippen molar-refractivity contribution in [1.29, 1.82) is 0 Å². The molecular formula is C8H17N3S. The zero-order valence-corrected chi connectivity index (χ0v) is 8.77. The maximum atomic E-state index is 5.56. The molecule has 0 aromatic heterocycles. The van der Waals surface area contributed by atoms with Gasteiger partial charge in [-0.15, -0.1) is 0 Å². The van der Waals surface area contributed by atoms with Gasteiger partial charge in [-0.2, -0.15) is 0 Å². The molecule has 70 valence electrons. The summed E-state index contributed by atoms with van der Waals surface area (Å²) in [6, 6.07) is 0.589. The minimum atomic E-state index is 0.534. The summed E-state index contributed by atoms with van der Waals surface area (Å²) in [7, 11) is 4.20. The number of hydrogen-bond donors (Lipinski definition) is 1. The Labute approximate surface area is 79.5 Å². The van der Waals surface area contributed by atoms with Crippen molar-refractivity contribution in [3.8, 4) is 0 Å². The minimum absolute atomic E-state index is 0.534. The van der Waals surface area contributed by atoms with Crippen LogP contribution in [0.25, 0.3) is 0 Å². The Kier molecular flexibility index (Phi) is 2.90. The van der Waals surface area contributed by atoms with E-state index < -0.39 is 0 Å². The van der Waals surface area contributed by atoms with Crippen molar-refractivity contribution in [2.45, 2.75) is 13.0 Å². The van der Waals surface area contributed by atoms with Gasteiger partial charge in [-0.25, -0.2) is 0 Å². The highest BCUT2D eigenvalue weighted by Gasteiger charge is 2.31. The van der Waals surface area contributed by atoms with Gasteiger partial charge in [0.2, 0.25) is 0 Å². The van der Waals surface area contributed by atoms with Crippen molar-refractivity contribution >= 4 is 17.3 Å². The molecule has 1 saturated heterocycles. The fourth-order valence-corrected chi connectivity index (χ4v) is 1.95. The molecule has 2 atom stereocenters. The second-order valence-electron chi connectivity index (χ2n) is 3.75. The minimum Gasteiger partial charge on any atom is -0.376 e. The van der Waals surface area contributed by atoms with Crippen molar-refractivity contribution in [1.82, 2.24) is 9.80 Å². The molecular weight excluding hydrogens is 170 g/mol. The van der Waals surface area contributed by atoms with Crippen molar-refractivity contribution in [3.05, 3.63) is 0 Å². The molecule has 0 aliphatic carbocycles. The van der Waals surface area contributed by atoms with Crippen molar-refractivity contribution in [2.24, 2.45) is 11.7 Å². The summed E-state index contributed by atoms with van der Waals surface area (Å²) in [4.78, 5) is 4.31. The lowest BCUT2D eigenvalue weighted by molar-refractivity contribution is 0.262. The van der Waals surface area contributed by atoms with Crippen LogP contribution in [-0.4, -0.2) is 48.1 Å². The van der Waals surface area contributed by atoms with Gasteiger partial charge in [-0.3, -0.25) is 0 Å². The number of hydrogen-bond acceptors (Lipinski definition) is 2. The smallest absolute Gasteiger partial charge is 0.166 e. The molecule has 2 N–H and O–H groups in total. The Morgan fingerprint density at radius 3 is 2.33 bits per heavy atom. The highest BCUT2D eigenvalue weighted by Crippen LogP contribution is 2.19. The molecule has 0 bridgehead atoms. The molecule has 1 aliphatic heterocycles. The number of nitrogens with zero attached hydrogens (tertiary/aromatic N) is 2. The van der Waals surface area contributed by atoms with E-state index in [1.54, 1.807) is 0 Å². The van der Waals surface area contributed by atoms with Gasteiger partial charge in [-0.05, 0) is 32.2 Å². The standard InChI is InChI=1S/C8H17N3S/c1-6-4-11(8(9)12)5-7(6)10(2)3/h6-7H,4-5H2,1-3H3,(H2,9,12). The van der Waals surface area contributed by atoms with Gasteiger partial charge in [0.15, 0.2) is 5.11 Å². The van der Waals surface area contributed by atoms with E-state index in [2.05, 4.69) is 30.8 Å². The number of thiocarbonyl (C=S) groups is 1. The topological polar surface area (TPSA) is 32.5 Å². The first-order chi connectivity index (χ1) is 5.52. The van der Waals surface area contributed by atoms with Gasteiger partial charge in [0.05, 0.1) is 0 Å². The summed E-state index contributed by atoms with van der Waals surface area (Å²) in [6.45, 7) is 4.21. The fourth-order valence-electron chi connectivity index (χ4n) is 1.80. The van der Waals surface area contributed by atoms with Crippen molar-refractivity contribution in [3.63, 3.8) is 0 Å². The summed E-state index contributed by atoms with van der Waals surface area (Å²) < 4.78 is 0. The summed E-state index contributed by atoms with van der Waals surface area (Å²) in [5.41, 5.74) is 5.56. The number of likely N-dealkylation sites (tertiary alicyclic amines) is 1. The van der Waals surface area contributed by atoms with Gasteiger partial charge in [-0.1, -0.05) is 6.92 Å². The molecule has 0 saturated carbocycles. The number of likely N-dealkylation sites (N-methyl/N-ethyl adjacent to an activating group) is 1. The van der Waals surface area contributed by atoms with Crippen LogP contribution in [-0.2, 0) is 0 Å². The van der Waals surface area contributed by atoms with Gasteiger partial charge in [0, 0.05) is 19.1 Å². The molecule has 12 heavy (non-hydrogen) atoms. The Bertz CT molecular complexity index is 181. The first-order valence-corrected chi connectivity index (χ1v) is 4.64. The largest absolute Gasteiger partial charge is 0.376 e. The summed E-state index contributed by atoms with van der Waals surface area (Å²) in [6.07, 6.45) is 0. The SMILES string of the molecule is CC1CN(C(N)=S)CC1N(C)C. The predicted octanol–water partition coefficient (Wildman–Crippen LogP) is 0.112. The Morgan fingerprint density at radius 1 is 1.50 bits per heavy atom. The molecule has 0 radical (unpaired) electrons. The summed E-state index contributed by atoms with van der Waals surface area (Å²) >= 11 is 4.93. The highest BCUT2D eigenvalue weighted by atomic mass is 32.1. The average molecular weight is 187 g/mol. The van der Waals surface area contributed by atoms with E-state index >= 15 is 0 Å². The van der Waals surface area contributed by atoms with E-state index in [0.29, 0.717) is 17.1 Å². The van der Waals surface area contributed by atoms with Crippen molar-refractivity contribution in [2.75, 3.05) is 27.2 Å². The Morgan fingerprint density at radius 2 is 2.08 bits per heavy atom. The third-order valence-corrected chi connectivity index (χ3v) is 2.81. The molecule has 1 fully saturated rings. The molecule has 0 amide bonds. The lowest BCUT2D eigenvalue weighted by Gasteiger charge is -2.22. The van der Waals surface area contributed by atoms with E-state index in [4.69, 9.17) is 18.0 Å². The van der Waals surface area contributed by atoms with Gasteiger partial charge >= 0.3 is 0 Å². The van der Waals surface area contributed by atoms with Gasteiger partial charge < -0.3 is 15.5 Å². The van der Waals surface area contributed by atoms with E-state index in [1.807, 2.05) is 0 Å². The van der Waals surface area contributed by atoms with Crippen LogP contribution in [0, 0.1) is 5.92 Å². The zero-order chi connectivity index (χ0) is 9.30. The number of nitrogens with two attached hydrogens (primary N) is 1. The van der Waals surface area contributed by atoms with Crippen LogP contribution in [0.15, 0.2) is 0 Å². The van der Waals surface area contributed by atoms with E-state index in [0.717, 1.165) is 13.1 Å². The molecule has 1 rings (SSSR count). The van der Waals surface area contributed by atoms with Crippen LogP contribution in [0.1, 0.15) is 6.92 Å². The first kappa shape index (κ1) is 9.74. The van der Waals surface area contributed by atoms with Crippen LogP contribution >= 0.6 is 12.2 Å². The van der Waals surface area contributed by atoms with Crippen LogP contribution in [0.3, 0.4) is 0 Å². The van der Waals surface area contributed by atoms with Crippen LogP contribution in [0.5, 0.6) is 0 Å². The molecule has 4 heteroatoms. The lowest BCUT2D eigenvalue weighted by atomic mass is 10.1. The summed E-state index contributed by atoms with van der Waals surface area (Å²) in [5.74, 6) is 0.654. The van der Waals surface area contributed by atoms with Gasteiger partial charge in [0.1, 0.15) is 0 Å². The van der Waals surface area contributed by atoms with Crippen molar-refractivity contribution < 1.29 is 0 Å². The second-order valence-corrected chi connectivity index (χ2v) is 4.17. The third kappa shape index (κ3) is 1.87. The van der Waals surface area contributed by atoms with Crippen LogP contribution < -0.4 is 5.73 Å². The molecule has 1 heterocycles. The second kappa shape index (κ2) is 3.58. The summed E-state index contributed by atoms with van der Waals surface area (Å²) in [5, 5.41) is 0.534. The average Bonchev–Trinajstić information content (AvgIpc) is 2.30. The van der Waals surface area contributed by atoms with Gasteiger partial charge in [0.25, 0.3) is 0 Å². The quantitative estimate of drug-likeness (QED) is 0.591. The van der Waals surface area contributed by atoms with Crippen LogP contribution in [0.2, 0.25) is 0 Å². The van der Waals surface area contributed by atoms with E-state index in [-0.39, 0.29) is 0 Å².